The Morgan fingerprint density at radius 3 is 2.57 bits per heavy atom. The fraction of sp³-hybridized carbons (Fsp3) is 0.438. The van der Waals surface area contributed by atoms with Crippen molar-refractivity contribution < 1.29 is 9.32 Å². The number of hydrogen-bond donors (Lipinski definition) is 0. The van der Waals surface area contributed by atoms with Gasteiger partial charge in [0, 0.05) is 18.7 Å². The number of rotatable bonds is 3. The highest BCUT2D eigenvalue weighted by Gasteiger charge is 2.34. The Labute approximate surface area is 124 Å². The summed E-state index contributed by atoms with van der Waals surface area (Å²) in [6.07, 6.45) is 0.424. The van der Waals surface area contributed by atoms with Crippen LogP contribution in [0.3, 0.4) is 0 Å². The first-order valence-corrected chi connectivity index (χ1v) is 7.25. The van der Waals surface area contributed by atoms with E-state index in [1.165, 1.54) is 5.56 Å². The third-order valence-electron chi connectivity index (χ3n) is 3.89. The van der Waals surface area contributed by atoms with Gasteiger partial charge in [-0.3, -0.25) is 4.79 Å². The number of carbonyl (C=O) groups excluding carboxylic acids is 1. The van der Waals surface area contributed by atoms with Crippen molar-refractivity contribution in [1.29, 1.82) is 0 Å². The van der Waals surface area contributed by atoms with Crippen LogP contribution in [0, 0.1) is 6.92 Å². The van der Waals surface area contributed by atoms with Crippen LogP contribution in [0.25, 0.3) is 0 Å². The molecule has 21 heavy (non-hydrogen) atoms. The summed E-state index contributed by atoms with van der Waals surface area (Å²) in [7, 11) is 0. The Morgan fingerprint density at radius 1 is 1.29 bits per heavy atom. The minimum atomic E-state index is -0.0107. The molecule has 110 valence electrons. The van der Waals surface area contributed by atoms with Gasteiger partial charge in [-0.2, -0.15) is 4.98 Å². The quantitative estimate of drug-likeness (QED) is 0.869. The van der Waals surface area contributed by atoms with Gasteiger partial charge in [-0.1, -0.05) is 31.1 Å². The van der Waals surface area contributed by atoms with Gasteiger partial charge in [0.15, 0.2) is 5.82 Å². The van der Waals surface area contributed by atoms with Gasteiger partial charge in [-0.15, -0.1) is 0 Å². The van der Waals surface area contributed by atoms with Crippen LogP contribution in [0.5, 0.6) is 0 Å². The molecule has 3 rings (SSSR count). The van der Waals surface area contributed by atoms with E-state index in [-0.39, 0.29) is 11.8 Å². The molecule has 1 unspecified atom stereocenters. The van der Waals surface area contributed by atoms with E-state index < -0.39 is 0 Å². The summed E-state index contributed by atoms with van der Waals surface area (Å²) in [4.78, 5) is 18.3. The average Bonchev–Trinajstić information content (AvgIpc) is 3.05. The Balaban J connectivity index is 1.78. The second-order valence-electron chi connectivity index (χ2n) is 5.83. The van der Waals surface area contributed by atoms with Crippen molar-refractivity contribution in [3.8, 4) is 0 Å². The number of amides is 1. The van der Waals surface area contributed by atoms with Crippen molar-refractivity contribution in [2.24, 2.45) is 0 Å². The molecular weight excluding hydrogens is 266 g/mol. The van der Waals surface area contributed by atoms with Crippen molar-refractivity contribution in [2.75, 3.05) is 11.4 Å². The third-order valence-corrected chi connectivity index (χ3v) is 3.89. The molecule has 5 nitrogen and oxygen atoms in total. The fourth-order valence-corrected chi connectivity index (χ4v) is 2.64. The maximum atomic E-state index is 12.2. The number of carbonyl (C=O) groups is 1. The number of aromatic nitrogens is 2. The fourth-order valence-electron chi connectivity index (χ4n) is 2.64. The molecule has 1 atom stereocenters. The van der Waals surface area contributed by atoms with E-state index in [1.54, 1.807) is 11.8 Å². The lowest BCUT2D eigenvalue weighted by atomic mass is 10.0. The largest absolute Gasteiger partial charge is 0.339 e. The van der Waals surface area contributed by atoms with Crippen LogP contribution in [-0.2, 0) is 4.79 Å². The van der Waals surface area contributed by atoms with Crippen LogP contribution in [0.15, 0.2) is 28.8 Å². The van der Waals surface area contributed by atoms with E-state index in [0.717, 1.165) is 5.69 Å². The molecular formula is C16H19N3O2. The van der Waals surface area contributed by atoms with Gasteiger partial charge in [-0.05, 0) is 30.5 Å². The third kappa shape index (κ3) is 2.68. The zero-order valence-electron chi connectivity index (χ0n) is 12.5. The topological polar surface area (TPSA) is 59.2 Å². The van der Waals surface area contributed by atoms with Gasteiger partial charge in [0.1, 0.15) is 0 Å². The maximum absolute atomic E-state index is 12.2. The van der Waals surface area contributed by atoms with Crippen LogP contribution < -0.4 is 4.90 Å². The summed E-state index contributed by atoms with van der Waals surface area (Å²) in [6.45, 7) is 6.70. The second kappa shape index (κ2) is 5.31. The monoisotopic (exact) mass is 285 g/mol. The van der Waals surface area contributed by atoms with Gasteiger partial charge in [0.05, 0.1) is 5.92 Å². The van der Waals surface area contributed by atoms with Crippen LogP contribution in [-0.4, -0.2) is 22.6 Å². The Hall–Kier alpha value is -2.17. The zero-order chi connectivity index (χ0) is 15.0. The van der Waals surface area contributed by atoms with Crippen LogP contribution in [0.4, 0.5) is 5.69 Å². The first-order valence-electron chi connectivity index (χ1n) is 7.25. The van der Waals surface area contributed by atoms with Gasteiger partial charge in [0.25, 0.3) is 0 Å². The molecule has 0 radical (unpaired) electrons. The van der Waals surface area contributed by atoms with Crippen LogP contribution in [0.2, 0.25) is 0 Å². The summed E-state index contributed by atoms with van der Waals surface area (Å²) in [6, 6.07) is 8.18. The highest BCUT2D eigenvalue weighted by molar-refractivity contribution is 5.96. The van der Waals surface area contributed by atoms with Gasteiger partial charge in [-0.25, -0.2) is 0 Å². The molecule has 0 N–H and O–H groups in total. The molecule has 5 heteroatoms. The predicted octanol–water partition coefficient (Wildman–Crippen LogP) is 3.02. The first-order chi connectivity index (χ1) is 10.0. The Bertz CT molecular complexity index is 646. The standard InChI is InChI=1S/C16H19N3O2/c1-10(2)12-4-6-14(7-5-12)19-9-13(8-15(19)20)16-17-11(3)18-21-16/h4-7,10,13H,8-9H2,1-3H3. The van der Waals surface area contributed by atoms with Crippen molar-refractivity contribution in [2.45, 2.75) is 39.0 Å². The molecule has 1 aromatic heterocycles. The molecule has 2 heterocycles. The van der Waals surface area contributed by atoms with Crippen molar-refractivity contribution in [3.05, 3.63) is 41.5 Å². The number of benzene rings is 1. The molecule has 1 aliphatic heterocycles. The van der Waals surface area contributed by atoms with E-state index in [1.807, 2.05) is 12.1 Å². The van der Waals surface area contributed by atoms with E-state index in [9.17, 15) is 4.79 Å². The number of aryl methyl sites for hydroxylation is 1. The lowest BCUT2D eigenvalue weighted by molar-refractivity contribution is -0.117. The summed E-state index contributed by atoms with van der Waals surface area (Å²) in [5.74, 6) is 1.75. The lowest BCUT2D eigenvalue weighted by Gasteiger charge is -2.17. The van der Waals surface area contributed by atoms with E-state index >= 15 is 0 Å². The molecule has 0 saturated carbocycles. The Kier molecular flexibility index (Phi) is 3.49. The normalized spacial score (nSPS) is 18.8. The maximum Gasteiger partial charge on any atom is 0.232 e. The highest BCUT2D eigenvalue weighted by Crippen LogP contribution is 2.31. The van der Waals surface area contributed by atoms with E-state index in [0.29, 0.717) is 30.6 Å². The summed E-state index contributed by atoms with van der Waals surface area (Å²) in [5, 5.41) is 3.80. The van der Waals surface area contributed by atoms with Gasteiger partial charge < -0.3 is 9.42 Å². The lowest BCUT2D eigenvalue weighted by Crippen LogP contribution is -2.24. The molecule has 1 aromatic carbocycles. The van der Waals surface area contributed by atoms with Crippen LogP contribution >= 0.6 is 0 Å². The molecule has 0 bridgehead atoms. The van der Waals surface area contributed by atoms with E-state index in [4.69, 9.17) is 4.52 Å². The van der Waals surface area contributed by atoms with Crippen molar-refractivity contribution >= 4 is 11.6 Å². The van der Waals surface area contributed by atoms with Crippen LogP contribution in [0.1, 0.15) is 49.4 Å². The number of nitrogens with zero attached hydrogens (tertiary/aromatic N) is 3. The molecule has 1 amide bonds. The zero-order valence-corrected chi connectivity index (χ0v) is 12.5. The van der Waals surface area contributed by atoms with E-state index in [2.05, 4.69) is 36.1 Å². The molecule has 1 fully saturated rings. The number of anilines is 1. The first kappa shape index (κ1) is 13.8. The van der Waals surface area contributed by atoms with Gasteiger partial charge >= 0.3 is 0 Å². The molecule has 0 aliphatic carbocycles. The molecule has 2 aromatic rings. The van der Waals surface area contributed by atoms with Gasteiger partial charge in [0.2, 0.25) is 11.8 Å². The molecule has 1 saturated heterocycles. The smallest absolute Gasteiger partial charge is 0.232 e. The summed E-state index contributed by atoms with van der Waals surface area (Å²) in [5.41, 5.74) is 2.21. The molecule has 0 spiro atoms. The average molecular weight is 285 g/mol. The number of hydrogen-bond acceptors (Lipinski definition) is 4. The minimum Gasteiger partial charge on any atom is -0.339 e. The SMILES string of the molecule is Cc1noc(C2CC(=O)N(c3ccc(C(C)C)cc3)C2)n1. The Morgan fingerprint density at radius 2 is 2.00 bits per heavy atom. The second-order valence-corrected chi connectivity index (χ2v) is 5.83. The summed E-state index contributed by atoms with van der Waals surface area (Å²) < 4.78 is 5.19. The highest BCUT2D eigenvalue weighted by atomic mass is 16.5. The van der Waals surface area contributed by atoms with Crippen molar-refractivity contribution in [1.82, 2.24) is 10.1 Å². The predicted molar refractivity (Wildman–Crippen MR) is 79.3 cm³/mol. The van der Waals surface area contributed by atoms with Crippen molar-refractivity contribution in [3.63, 3.8) is 0 Å². The summed E-state index contributed by atoms with van der Waals surface area (Å²) >= 11 is 0. The minimum absolute atomic E-state index is 0.0107. The molecule has 1 aliphatic rings.